The monoisotopic (exact) mass is 498 g/mol. The first-order valence-corrected chi connectivity index (χ1v) is 10.3. The Balaban J connectivity index is 1.55. The SMILES string of the molecule is COc1ccc(-c2cc(C(=O)Nc3cc(Oc4cccc(C(F)(F)F)c4)cc([N+](=O)[O-])c3)[nH]n2)cc1. The molecule has 36 heavy (non-hydrogen) atoms. The number of carbonyl (C=O) groups excluding carboxylic acids is 1. The van der Waals surface area contributed by atoms with Crippen LogP contribution >= 0.6 is 0 Å². The zero-order valence-electron chi connectivity index (χ0n) is 18.5. The summed E-state index contributed by atoms with van der Waals surface area (Å²) in [6.07, 6.45) is -4.59. The number of H-pyrrole nitrogens is 1. The molecule has 0 saturated heterocycles. The summed E-state index contributed by atoms with van der Waals surface area (Å²) >= 11 is 0. The average molecular weight is 498 g/mol. The van der Waals surface area contributed by atoms with Gasteiger partial charge in [-0.1, -0.05) is 6.07 Å². The van der Waals surface area contributed by atoms with Gasteiger partial charge in [-0.2, -0.15) is 18.3 Å². The highest BCUT2D eigenvalue weighted by molar-refractivity contribution is 6.03. The third-order valence-electron chi connectivity index (χ3n) is 4.97. The van der Waals surface area contributed by atoms with Crippen molar-refractivity contribution in [3.05, 3.63) is 94.2 Å². The van der Waals surface area contributed by atoms with Crippen molar-refractivity contribution in [3.63, 3.8) is 0 Å². The second-order valence-electron chi connectivity index (χ2n) is 7.45. The molecule has 0 radical (unpaired) electrons. The second kappa shape index (κ2) is 9.78. The molecule has 0 aliphatic rings. The quantitative estimate of drug-likeness (QED) is 0.236. The van der Waals surface area contributed by atoms with Crippen molar-refractivity contribution in [1.29, 1.82) is 0 Å². The van der Waals surface area contributed by atoms with Crippen LogP contribution in [0.5, 0.6) is 17.2 Å². The third kappa shape index (κ3) is 5.60. The van der Waals surface area contributed by atoms with Crippen molar-refractivity contribution < 1.29 is 32.4 Å². The number of halogens is 3. The third-order valence-corrected chi connectivity index (χ3v) is 4.97. The molecule has 0 atom stereocenters. The average Bonchev–Trinajstić information content (AvgIpc) is 3.34. The van der Waals surface area contributed by atoms with E-state index < -0.39 is 28.3 Å². The van der Waals surface area contributed by atoms with Gasteiger partial charge in [-0.15, -0.1) is 0 Å². The van der Waals surface area contributed by atoms with Crippen LogP contribution in [-0.4, -0.2) is 28.1 Å². The number of rotatable bonds is 7. The number of benzene rings is 3. The van der Waals surface area contributed by atoms with Gasteiger partial charge in [0.05, 0.1) is 35.0 Å². The number of methoxy groups -OCH3 is 1. The van der Waals surface area contributed by atoms with E-state index in [0.717, 1.165) is 35.9 Å². The second-order valence-corrected chi connectivity index (χ2v) is 7.45. The number of nitrogens with one attached hydrogen (secondary N) is 2. The largest absolute Gasteiger partial charge is 0.497 e. The molecule has 184 valence electrons. The van der Waals surface area contributed by atoms with E-state index >= 15 is 0 Å². The first-order valence-electron chi connectivity index (χ1n) is 10.3. The van der Waals surface area contributed by atoms with Crippen LogP contribution in [0.4, 0.5) is 24.5 Å². The van der Waals surface area contributed by atoms with Gasteiger partial charge in [-0.3, -0.25) is 20.0 Å². The summed E-state index contributed by atoms with van der Waals surface area (Å²) in [4.78, 5) is 23.4. The number of non-ortho nitro benzene ring substituents is 1. The summed E-state index contributed by atoms with van der Waals surface area (Å²) in [7, 11) is 1.54. The molecule has 0 spiro atoms. The summed E-state index contributed by atoms with van der Waals surface area (Å²) in [5.74, 6) is -0.309. The number of ether oxygens (including phenoxy) is 2. The molecule has 0 saturated carbocycles. The molecule has 4 rings (SSSR count). The van der Waals surface area contributed by atoms with Crippen molar-refractivity contribution in [1.82, 2.24) is 10.2 Å². The number of carbonyl (C=O) groups is 1. The minimum atomic E-state index is -4.59. The van der Waals surface area contributed by atoms with E-state index in [-0.39, 0.29) is 22.9 Å². The standard InChI is InChI=1S/C24H17F3N4O5/c1-35-18-7-5-14(6-8-18)21-13-22(30-29-21)23(32)28-16-10-17(31(33)34)12-20(11-16)36-19-4-2-3-15(9-19)24(25,26)27/h2-13H,1H3,(H,28,32)(H,29,30). The van der Waals surface area contributed by atoms with Gasteiger partial charge in [0, 0.05) is 17.7 Å². The van der Waals surface area contributed by atoms with E-state index in [1.165, 1.54) is 25.3 Å². The molecule has 1 amide bonds. The van der Waals surface area contributed by atoms with Crippen molar-refractivity contribution in [2.45, 2.75) is 6.18 Å². The zero-order chi connectivity index (χ0) is 25.9. The fourth-order valence-corrected chi connectivity index (χ4v) is 3.24. The highest BCUT2D eigenvalue weighted by Crippen LogP contribution is 2.34. The molecular weight excluding hydrogens is 481 g/mol. The molecule has 3 aromatic carbocycles. The Bertz CT molecular complexity index is 1420. The topological polar surface area (TPSA) is 119 Å². The van der Waals surface area contributed by atoms with Crippen molar-refractivity contribution >= 4 is 17.3 Å². The van der Waals surface area contributed by atoms with Gasteiger partial charge in [0.25, 0.3) is 11.6 Å². The first kappa shape index (κ1) is 24.3. The van der Waals surface area contributed by atoms with Crippen LogP contribution in [0.1, 0.15) is 16.1 Å². The molecule has 9 nitrogen and oxygen atoms in total. The molecule has 0 bridgehead atoms. The Morgan fingerprint density at radius 1 is 1.00 bits per heavy atom. The van der Waals surface area contributed by atoms with Crippen LogP contribution in [0, 0.1) is 10.1 Å². The lowest BCUT2D eigenvalue weighted by atomic mass is 10.1. The van der Waals surface area contributed by atoms with Crippen LogP contribution in [0.25, 0.3) is 11.3 Å². The van der Waals surface area contributed by atoms with Gasteiger partial charge < -0.3 is 14.8 Å². The smallest absolute Gasteiger partial charge is 0.416 e. The normalized spacial score (nSPS) is 11.1. The van der Waals surface area contributed by atoms with Gasteiger partial charge in [-0.25, -0.2) is 0 Å². The van der Waals surface area contributed by atoms with E-state index in [9.17, 15) is 28.1 Å². The number of nitro benzene ring substituents is 1. The number of nitro groups is 1. The van der Waals surface area contributed by atoms with E-state index in [1.807, 2.05) is 0 Å². The molecule has 1 aromatic heterocycles. The lowest BCUT2D eigenvalue weighted by Gasteiger charge is -2.11. The lowest BCUT2D eigenvalue weighted by molar-refractivity contribution is -0.384. The Morgan fingerprint density at radius 3 is 2.42 bits per heavy atom. The summed E-state index contributed by atoms with van der Waals surface area (Å²) in [6.45, 7) is 0. The Kier molecular flexibility index (Phi) is 6.59. The molecule has 0 unspecified atom stereocenters. The minimum absolute atomic E-state index is 0.00299. The molecule has 1 heterocycles. The Morgan fingerprint density at radius 2 is 1.75 bits per heavy atom. The maximum atomic E-state index is 13.0. The van der Waals surface area contributed by atoms with Gasteiger partial charge in [0.2, 0.25) is 0 Å². The molecule has 0 aliphatic heterocycles. The Labute approximate surface area is 201 Å². The molecule has 4 aromatic rings. The van der Waals surface area contributed by atoms with Gasteiger partial charge >= 0.3 is 6.18 Å². The molecule has 2 N–H and O–H groups in total. The van der Waals surface area contributed by atoms with E-state index in [0.29, 0.717) is 11.4 Å². The minimum Gasteiger partial charge on any atom is -0.497 e. The Hall–Kier alpha value is -4.87. The van der Waals surface area contributed by atoms with E-state index in [2.05, 4.69) is 15.5 Å². The first-order chi connectivity index (χ1) is 17.1. The molecule has 12 heteroatoms. The van der Waals surface area contributed by atoms with Crippen LogP contribution < -0.4 is 14.8 Å². The highest BCUT2D eigenvalue weighted by Gasteiger charge is 2.30. The number of hydrogen-bond donors (Lipinski definition) is 2. The maximum absolute atomic E-state index is 13.0. The van der Waals surface area contributed by atoms with E-state index in [1.54, 1.807) is 24.3 Å². The fraction of sp³-hybridized carbons (Fsp3) is 0.0833. The fourth-order valence-electron chi connectivity index (χ4n) is 3.24. The zero-order valence-corrected chi connectivity index (χ0v) is 18.5. The van der Waals surface area contributed by atoms with Crippen LogP contribution in [0.3, 0.4) is 0 Å². The molecule has 0 aliphatic carbocycles. The lowest BCUT2D eigenvalue weighted by Crippen LogP contribution is -2.12. The number of anilines is 1. The van der Waals surface area contributed by atoms with Gasteiger partial charge in [0.1, 0.15) is 22.9 Å². The number of alkyl halides is 3. The maximum Gasteiger partial charge on any atom is 0.416 e. The molecular formula is C24H17F3N4O5. The van der Waals surface area contributed by atoms with Gasteiger partial charge in [0.15, 0.2) is 0 Å². The van der Waals surface area contributed by atoms with E-state index in [4.69, 9.17) is 9.47 Å². The summed E-state index contributed by atoms with van der Waals surface area (Å²) < 4.78 is 49.5. The summed E-state index contributed by atoms with van der Waals surface area (Å²) in [5.41, 5.74) is -0.0951. The van der Waals surface area contributed by atoms with Gasteiger partial charge in [-0.05, 0) is 48.5 Å². The highest BCUT2D eigenvalue weighted by atomic mass is 19.4. The number of hydrogen-bond acceptors (Lipinski definition) is 6. The predicted octanol–water partition coefficient (Wildman–Crippen LogP) is 6.06. The van der Waals surface area contributed by atoms with Crippen LogP contribution in [0.15, 0.2) is 72.8 Å². The predicted molar refractivity (Wildman–Crippen MR) is 123 cm³/mol. The number of aromatic amines is 1. The van der Waals surface area contributed by atoms with Crippen molar-refractivity contribution in [3.8, 4) is 28.5 Å². The van der Waals surface area contributed by atoms with Crippen molar-refractivity contribution in [2.75, 3.05) is 12.4 Å². The molecule has 0 fully saturated rings. The van der Waals surface area contributed by atoms with Crippen LogP contribution in [0.2, 0.25) is 0 Å². The van der Waals surface area contributed by atoms with Crippen LogP contribution in [-0.2, 0) is 6.18 Å². The summed E-state index contributed by atoms with van der Waals surface area (Å²) in [6, 6.07) is 15.9. The summed E-state index contributed by atoms with van der Waals surface area (Å²) in [5, 5.41) is 20.6. The number of nitrogens with zero attached hydrogens (tertiary/aromatic N) is 2. The van der Waals surface area contributed by atoms with Crippen molar-refractivity contribution in [2.24, 2.45) is 0 Å². The number of amides is 1. The number of aromatic nitrogens is 2.